The van der Waals surface area contributed by atoms with Crippen LogP contribution in [-0.4, -0.2) is 10.7 Å². The summed E-state index contributed by atoms with van der Waals surface area (Å²) in [4.78, 5) is 5.74. The van der Waals surface area contributed by atoms with Gasteiger partial charge in [0.15, 0.2) is 0 Å². The highest BCUT2D eigenvalue weighted by molar-refractivity contribution is 9.10. The van der Waals surface area contributed by atoms with Gasteiger partial charge in [0.25, 0.3) is 0 Å². The molecule has 0 atom stereocenters. The average molecular weight is 308 g/mol. The molecule has 0 bridgehead atoms. The highest BCUT2D eigenvalue weighted by atomic mass is 79.9. The number of nitrogens with zero attached hydrogens (tertiary/aromatic N) is 1. The van der Waals surface area contributed by atoms with Crippen molar-refractivity contribution in [1.82, 2.24) is 4.98 Å². The first kappa shape index (κ1) is 12.7. The van der Waals surface area contributed by atoms with Gasteiger partial charge in [-0.2, -0.15) is 0 Å². The van der Waals surface area contributed by atoms with Gasteiger partial charge in [-0.05, 0) is 36.4 Å². The lowest BCUT2D eigenvalue weighted by molar-refractivity contribution is 1.10. The maximum Gasteiger partial charge on any atom is 0.0703 e. The van der Waals surface area contributed by atoms with E-state index in [0.29, 0.717) is 0 Å². The molecule has 17 heavy (non-hydrogen) atoms. The molecule has 0 fully saturated rings. The van der Waals surface area contributed by atoms with E-state index in [2.05, 4.69) is 52.1 Å². The van der Waals surface area contributed by atoms with Gasteiger partial charge in [-0.1, -0.05) is 35.0 Å². The van der Waals surface area contributed by atoms with Crippen LogP contribution in [0, 0.1) is 0 Å². The number of benzene rings is 1. The molecule has 0 aliphatic heterocycles. The lowest BCUT2D eigenvalue weighted by Gasteiger charge is -2.03. The van der Waals surface area contributed by atoms with Gasteiger partial charge < -0.3 is 0 Å². The van der Waals surface area contributed by atoms with E-state index in [0.717, 1.165) is 21.5 Å². The second-order valence-electron chi connectivity index (χ2n) is 3.74. The largest absolute Gasteiger partial charge is 0.255 e. The molecule has 88 valence electrons. The van der Waals surface area contributed by atoms with Crippen LogP contribution in [0.15, 0.2) is 52.0 Å². The maximum absolute atomic E-state index is 4.50. The standard InChI is InChI=1S/C14H14BrNS/c1-2-8-17-13-6-7-14(16-10-13)11-4-3-5-12(15)9-11/h3-7,9-10H,2,8H2,1H3. The van der Waals surface area contributed by atoms with Gasteiger partial charge in [0.2, 0.25) is 0 Å². The molecule has 0 radical (unpaired) electrons. The number of halogens is 1. The molecule has 0 aliphatic rings. The molecule has 0 aliphatic carbocycles. The van der Waals surface area contributed by atoms with Crippen molar-refractivity contribution in [2.45, 2.75) is 18.2 Å². The number of thioether (sulfide) groups is 1. The summed E-state index contributed by atoms with van der Waals surface area (Å²) in [7, 11) is 0. The molecule has 2 aromatic rings. The van der Waals surface area contributed by atoms with E-state index in [1.165, 1.54) is 11.3 Å². The highest BCUT2D eigenvalue weighted by Crippen LogP contribution is 2.24. The average Bonchev–Trinajstić information content (AvgIpc) is 2.37. The number of rotatable bonds is 4. The summed E-state index contributed by atoms with van der Waals surface area (Å²) in [6, 6.07) is 12.4. The zero-order chi connectivity index (χ0) is 12.1. The third-order valence-corrected chi connectivity index (χ3v) is 4.01. The second kappa shape index (κ2) is 6.22. The number of aromatic nitrogens is 1. The van der Waals surface area contributed by atoms with Crippen LogP contribution in [0.1, 0.15) is 13.3 Å². The summed E-state index contributed by atoms with van der Waals surface area (Å²) in [6.45, 7) is 2.19. The smallest absolute Gasteiger partial charge is 0.0703 e. The van der Waals surface area contributed by atoms with E-state index in [1.807, 2.05) is 30.1 Å². The molecular weight excluding hydrogens is 294 g/mol. The molecule has 1 nitrogen and oxygen atoms in total. The number of hydrogen-bond donors (Lipinski definition) is 0. The minimum absolute atomic E-state index is 1.02. The van der Waals surface area contributed by atoms with Crippen molar-refractivity contribution < 1.29 is 0 Å². The SMILES string of the molecule is CCCSc1ccc(-c2cccc(Br)c2)nc1. The van der Waals surface area contributed by atoms with Gasteiger partial charge in [0, 0.05) is 21.1 Å². The predicted octanol–water partition coefficient (Wildman–Crippen LogP) is 5.01. The van der Waals surface area contributed by atoms with Gasteiger partial charge in [0.05, 0.1) is 5.69 Å². The number of hydrogen-bond acceptors (Lipinski definition) is 2. The molecule has 1 aromatic heterocycles. The van der Waals surface area contributed by atoms with E-state index >= 15 is 0 Å². The Morgan fingerprint density at radius 3 is 2.76 bits per heavy atom. The molecule has 3 heteroatoms. The van der Waals surface area contributed by atoms with Gasteiger partial charge in [-0.3, -0.25) is 4.98 Å². The fourth-order valence-corrected chi connectivity index (χ4v) is 2.63. The van der Waals surface area contributed by atoms with Gasteiger partial charge in [-0.15, -0.1) is 11.8 Å². The maximum atomic E-state index is 4.50. The molecule has 1 heterocycles. The van der Waals surface area contributed by atoms with Gasteiger partial charge >= 0.3 is 0 Å². The normalized spacial score (nSPS) is 10.5. The van der Waals surface area contributed by atoms with Crippen molar-refractivity contribution in [2.24, 2.45) is 0 Å². The van der Waals surface area contributed by atoms with E-state index in [-0.39, 0.29) is 0 Å². The minimum atomic E-state index is 1.02. The molecule has 0 amide bonds. The first-order valence-electron chi connectivity index (χ1n) is 5.64. The molecule has 0 saturated carbocycles. The van der Waals surface area contributed by atoms with Crippen molar-refractivity contribution in [3.63, 3.8) is 0 Å². The lowest BCUT2D eigenvalue weighted by atomic mass is 10.1. The van der Waals surface area contributed by atoms with Crippen LogP contribution in [0.3, 0.4) is 0 Å². The van der Waals surface area contributed by atoms with Crippen LogP contribution < -0.4 is 0 Å². The summed E-state index contributed by atoms with van der Waals surface area (Å²) in [5, 5.41) is 0. The van der Waals surface area contributed by atoms with Crippen molar-refractivity contribution in [3.8, 4) is 11.3 Å². The molecular formula is C14H14BrNS. The molecule has 0 unspecified atom stereocenters. The van der Waals surface area contributed by atoms with Crippen LogP contribution >= 0.6 is 27.7 Å². The quantitative estimate of drug-likeness (QED) is 0.736. The topological polar surface area (TPSA) is 12.9 Å². The zero-order valence-corrected chi connectivity index (χ0v) is 12.1. The minimum Gasteiger partial charge on any atom is -0.255 e. The van der Waals surface area contributed by atoms with E-state index in [9.17, 15) is 0 Å². The van der Waals surface area contributed by atoms with E-state index in [4.69, 9.17) is 0 Å². The molecule has 1 aromatic carbocycles. The Hall–Kier alpha value is -0.800. The zero-order valence-electron chi connectivity index (χ0n) is 9.69. The van der Waals surface area contributed by atoms with E-state index in [1.54, 1.807) is 0 Å². The molecule has 0 N–H and O–H groups in total. The van der Waals surface area contributed by atoms with Crippen LogP contribution in [-0.2, 0) is 0 Å². The van der Waals surface area contributed by atoms with E-state index < -0.39 is 0 Å². The summed E-state index contributed by atoms with van der Waals surface area (Å²) < 4.78 is 1.08. The van der Waals surface area contributed by atoms with Crippen LogP contribution in [0.25, 0.3) is 11.3 Å². The third kappa shape index (κ3) is 3.58. The Morgan fingerprint density at radius 1 is 1.24 bits per heavy atom. The van der Waals surface area contributed by atoms with Crippen molar-refractivity contribution >= 4 is 27.7 Å². The summed E-state index contributed by atoms with van der Waals surface area (Å²) in [5.74, 6) is 1.15. The summed E-state index contributed by atoms with van der Waals surface area (Å²) in [5.41, 5.74) is 2.17. The van der Waals surface area contributed by atoms with Crippen LogP contribution in [0.2, 0.25) is 0 Å². The Bertz CT molecular complexity index is 482. The first-order valence-corrected chi connectivity index (χ1v) is 7.42. The Balaban J connectivity index is 2.17. The molecule has 0 saturated heterocycles. The van der Waals surface area contributed by atoms with Gasteiger partial charge in [0.1, 0.15) is 0 Å². The highest BCUT2D eigenvalue weighted by Gasteiger charge is 2.00. The predicted molar refractivity (Wildman–Crippen MR) is 78.4 cm³/mol. The summed E-state index contributed by atoms with van der Waals surface area (Å²) >= 11 is 5.33. The number of pyridine rings is 1. The Morgan fingerprint density at radius 2 is 2.12 bits per heavy atom. The monoisotopic (exact) mass is 307 g/mol. The van der Waals surface area contributed by atoms with Gasteiger partial charge in [-0.25, -0.2) is 0 Å². The van der Waals surface area contributed by atoms with Crippen molar-refractivity contribution in [1.29, 1.82) is 0 Å². The van der Waals surface area contributed by atoms with Crippen LogP contribution in [0.5, 0.6) is 0 Å². The van der Waals surface area contributed by atoms with Crippen LogP contribution in [0.4, 0.5) is 0 Å². The van der Waals surface area contributed by atoms with Crippen molar-refractivity contribution in [2.75, 3.05) is 5.75 Å². The lowest BCUT2D eigenvalue weighted by Crippen LogP contribution is -1.84. The third-order valence-electron chi connectivity index (χ3n) is 2.33. The molecule has 2 rings (SSSR count). The van der Waals surface area contributed by atoms with Crippen molar-refractivity contribution in [3.05, 3.63) is 47.1 Å². The summed E-state index contributed by atoms with van der Waals surface area (Å²) in [6.07, 6.45) is 3.15. The second-order valence-corrected chi connectivity index (χ2v) is 5.82. The Labute approximate surface area is 115 Å². The Kier molecular flexibility index (Phi) is 4.63. The fourth-order valence-electron chi connectivity index (χ4n) is 1.50. The molecule has 0 spiro atoms. The first-order chi connectivity index (χ1) is 8.29. The fraction of sp³-hybridized carbons (Fsp3) is 0.214.